The van der Waals surface area contributed by atoms with Crippen LogP contribution in [0.2, 0.25) is 0 Å². The van der Waals surface area contributed by atoms with E-state index in [-0.39, 0.29) is 35.3 Å². The maximum atomic E-state index is 13.7. The minimum Gasteiger partial charge on any atom is -0.504 e. The Morgan fingerprint density at radius 2 is 1.72 bits per heavy atom. The topological polar surface area (TPSA) is 206 Å². The van der Waals surface area contributed by atoms with Crippen LogP contribution in [-0.4, -0.2) is 98.8 Å². The van der Waals surface area contributed by atoms with Crippen molar-refractivity contribution >= 4 is 29.8 Å². The summed E-state index contributed by atoms with van der Waals surface area (Å²) >= 11 is 0. The molecule has 2 heterocycles. The number of rotatable bonds is 8. The fraction of sp³-hybridized carbons (Fsp3) is 0.424. The van der Waals surface area contributed by atoms with Crippen LogP contribution in [0.15, 0.2) is 54.3 Å². The molecular weight excluding hydrogens is 675 g/mol. The number of phenols is 1. The quantitative estimate of drug-likeness (QED) is 0.230. The highest BCUT2D eigenvalue weighted by molar-refractivity contribution is 5.85. The van der Waals surface area contributed by atoms with Crippen LogP contribution in [-0.2, 0) is 50.0 Å². The fourth-order valence-corrected chi connectivity index (χ4v) is 7.20. The normalized spacial score (nSPS) is 25.6. The number of esters is 3. The molecule has 0 radical (unpaired) electrons. The fourth-order valence-electron chi connectivity index (χ4n) is 7.20. The molecule has 0 unspecified atom stereocenters. The molecule has 17 heteroatoms. The molecule has 2 aromatic rings. The number of likely N-dealkylation sites (N-methyl/N-ethyl adjacent to an activating group) is 1. The Balaban J connectivity index is 0.000000630. The lowest BCUT2D eigenvalue weighted by Gasteiger charge is -2.61. The highest BCUT2D eigenvalue weighted by Gasteiger charge is 2.72. The first-order chi connectivity index (χ1) is 23.4. The molecule has 268 valence electrons. The zero-order chi connectivity index (χ0) is 36.8. The number of ether oxygens (including phenoxy) is 4. The number of piperidine rings is 1. The van der Waals surface area contributed by atoms with Gasteiger partial charge in [-0.15, -0.1) is 0 Å². The van der Waals surface area contributed by atoms with Crippen LogP contribution in [0.1, 0.15) is 49.0 Å². The van der Waals surface area contributed by atoms with Crippen molar-refractivity contribution in [2.45, 2.75) is 74.2 Å². The van der Waals surface area contributed by atoms with Crippen LogP contribution in [0.5, 0.6) is 11.5 Å². The first kappa shape index (κ1) is 36.1. The van der Waals surface area contributed by atoms with Crippen molar-refractivity contribution in [2.24, 2.45) is 0 Å². The second kappa shape index (κ2) is 13.3. The van der Waals surface area contributed by atoms with Gasteiger partial charge >= 0.3 is 36.0 Å². The van der Waals surface area contributed by atoms with Gasteiger partial charge in [-0.2, -0.15) is 13.2 Å². The molecule has 4 aliphatic rings. The predicted molar refractivity (Wildman–Crippen MR) is 159 cm³/mol. The Hall–Kier alpha value is -5.16. The Bertz CT molecular complexity index is 1750. The molecular formula is C33H32F3NO13. The largest absolute Gasteiger partial charge is 0.504 e. The van der Waals surface area contributed by atoms with E-state index in [0.717, 1.165) is 18.1 Å². The molecule has 0 aromatic heterocycles. The van der Waals surface area contributed by atoms with E-state index in [1.54, 1.807) is 42.5 Å². The van der Waals surface area contributed by atoms with Crippen LogP contribution in [0, 0.1) is 0 Å². The van der Waals surface area contributed by atoms with E-state index < -0.39 is 71.8 Å². The van der Waals surface area contributed by atoms with Gasteiger partial charge in [-0.3, -0.25) is 9.59 Å². The van der Waals surface area contributed by atoms with E-state index in [9.17, 15) is 47.7 Å². The van der Waals surface area contributed by atoms with Gasteiger partial charge in [-0.25, -0.2) is 14.4 Å². The minimum atomic E-state index is -5.08. The molecule has 50 heavy (non-hydrogen) atoms. The number of aliphatic carboxylic acids is 2. The average molecular weight is 708 g/mol. The number of phenolic OH excluding ortho intramolecular Hbond substituents is 1. The maximum absolute atomic E-state index is 13.7. The van der Waals surface area contributed by atoms with Gasteiger partial charge in [-0.1, -0.05) is 36.4 Å². The Morgan fingerprint density at radius 3 is 2.32 bits per heavy atom. The van der Waals surface area contributed by atoms with Gasteiger partial charge in [0.2, 0.25) is 12.2 Å². The molecule has 6 atom stereocenters. The van der Waals surface area contributed by atoms with Gasteiger partial charge in [0.1, 0.15) is 5.76 Å². The molecule has 0 amide bonds. The lowest BCUT2D eigenvalue weighted by Crippen LogP contribution is -2.74. The van der Waals surface area contributed by atoms with Crippen molar-refractivity contribution in [1.82, 2.24) is 4.90 Å². The molecule has 1 fully saturated rings. The Labute approximate surface area is 281 Å². The third-order valence-electron chi connectivity index (χ3n) is 9.32. The lowest BCUT2D eigenvalue weighted by atomic mass is 9.50. The molecule has 2 bridgehead atoms. The van der Waals surface area contributed by atoms with Crippen molar-refractivity contribution < 1.29 is 76.5 Å². The molecule has 1 spiro atoms. The van der Waals surface area contributed by atoms with Crippen LogP contribution in [0.4, 0.5) is 13.2 Å². The molecule has 6 rings (SSSR count). The molecule has 1 saturated heterocycles. The lowest BCUT2D eigenvalue weighted by molar-refractivity contribution is -0.192. The Morgan fingerprint density at radius 1 is 1.06 bits per heavy atom. The summed E-state index contributed by atoms with van der Waals surface area (Å²) in [6.45, 7) is 1.65. The number of hydrogen-bond acceptors (Lipinski definition) is 12. The second-order valence-corrected chi connectivity index (χ2v) is 12.2. The third kappa shape index (κ3) is 6.33. The number of halogens is 3. The van der Waals surface area contributed by atoms with Crippen molar-refractivity contribution in [3.8, 4) is 11.5 Å². The van der Waals surface area contributed by atoms with E-state index in [1.807, 2.05) is 13.1 Å². The number of aliphatic hydroxyl groups is 1. The second-order valence-electron chi connectivity index (χ2n) is 12.2. The van der Waals surface area contributed by atoms with Gasteiger partial charge in [0.25, 0.3) is 0 Å². The first-order valence-electron chi connectivity index (χ1n) is 15.2. The van der Waals surface area contributed by atoms with Gasteiger partial charge in [0, 0.05) is 30.5 Å². The number of hydrogen-bond donors (Lipinski definition) is 4. The number of aromatic hydroxyl groups is 1. The first-order valence-corrected chi connectivity index (χ1v) is 15.2. The van der Waals surface area contributed by atoms with Crippen molar-refractivity contribution in [1.29, 1.82) is 0 Å². The molecule has 14 nitrogen and oxygen atoms in total. The smallest absolute Gasteiger partial charge is 0.490 e. The molecule has 2 aliphatic heterocycles. The molecule has 0 saturated carbocycles. The third-order valence-corrected chi connectivity index (χ3v) is 9.32. The number of carbonyl (C=O) groups is 5. The molecule has 2 aliphatic carbocycles. The zero-order valence-electron chi connectivity index (χ0n) is 26.5. The number of alkyl halides is 3. The summed E-state index contributed by atoms with van der Waals surface area (Å²) in [6.07, 6.45) is -7.46. The van der Waals surface area contributed by atoms with Crippen LogP contribution < -0.4 is 4.74 Å². The van der Waals surface area contributed by atoms with Gasteiger partial charge in [-0.05, 0) is 44.1 Å². The SMILES string of the molecule is CC(=O)O[C@@H](CC(=O)O[C@H](C(=O)OC1=CC[C@@]2(O)[C@H]3Cc4ccc(O)c5c4[C@@]2(CCN3C)[C@H]1O5)c1ccccc1)C(=O)O.O=C(O)C(F)(F)F. The van der Waals surface area contributed by atoms with E-state index >= 15 is 0 Å². The van der Waals surface area contributed by atoms with E-state index in [4.69, 9.17) is 28.8 Å². The van der Waals surface area contributed by atoms with Crippen LogP contribution in [0.3, 0.4) is 0 Å². The van der Waals surface area contributed by atoms with Gasteiger partial charge < -0.3 is 44.3 Å². The number of carboxylic acids is 2. The Kier molecular flexibility index (Phi) is 9.60. The zero-order valence-corrected chi connectivity index (χ0v) is 26.5. The van der Waals surface area contributed by atoms with E-state index in [1.165, 1.54) is 0 Å². The molecule has 2 aromatic carbocycles. The van der Waals surface area contributed by atoms with Crippen molar-refractivity contribution in [2.75, 3.05) is 13.6 Å². The van der Waals surface area contributed by atoms with E-state index in [2.05, 4.69) is 4.90 Å². The summed E-state index contributed by atoms with van der Waals surface area (Å²) in [7, 11) is 1.96. The highest BCUT2D eigenvalue weighted by Crippen LogP contribution is 2.65. The standard InChI is InChI=1S/C31H31NO11.C2HF3O2/c1-16(33)40-21(28(36)37)15-23(35)42-25(17-6-4-3-5-7-17)29(38)41-20-10-11-31(39)22-14-18-8-9-19(34)26-24(18)30(31,27(20)43-26)12-13-32(22)2;3-2(4,5)1(6)7/h3-10,21-22,25,27,34,39H,11-15H2,1-2H3,(H,36,37);(H,6,7)/t21-,22+,25-,27-,30-,31+;/m0./s1. The van der Waals surface area contributed by atoms with Gasteiger partial charge in [0.15, 0.2) is 17.6 Å². The minimum absolute atomic E-state index is 0.0789. The monoisotopic (exact) mass is 707 g/mol. The number of benzene rings is 2. The number of carboxylic acid groups (broad SMARTS) is 2. The summed E-state index contributed by atoms with van der Waals surface area (Å²) in [5.41, 5.74) is -0.323. The maximum Gasteiger partial charge on any atom is 0.490 e. The molecule has 4 N–H and O–H groups in total. The van der Waals surface area contributed by atoms with Crippen molar-refractivity contribution in [3.05, 3.63) is 71.0 Å². The summed E-state index contributed by atoms with van der Waals surface area (Å²) in [4.78, 5) is 60.3. The van der Waals surface area contributed by atoms with Crippen molar-refractivity contribution in [3.63, 3.8) is 0 Å². The van der Waals surface area contributed by atoms with Crippen LogP contribution in [0.25, 0.3) is 0 Å². The van der Waals surface area contributed by atoms with E-state index in [0.29, 0.717) is 19.4 Å². The predicted octanol–water partition coefficient (Wildman–Crippen LogP) is 2.54. The van der Waals surface area contributed by atoms with Gasteiger partial charge in [0.05, 0.1) is 17.4 Å². The summed E-state index contributed by atoms with van der Waals surface area (Å²) in [6, 6.07) is 11.2. The summed E-state index contributed by atoms with van der Waals surface area (Å²) in [5, 5.41) is 39.5. The number of likely N-dealkylation sites (tertiary alicyclic amines) is 1. The summed E-state index contributed by atoms with van der Waals surface area (Å²) < 4.78 is 54.1. The number of carbonyl (C=O) groups excluding carboxylic acids is 3. The van der Waals surface area contributed by atoms with Crippen LogP contribution >= 0.6 is 0 Å². The highest BCUT2D eigenvalue weighted by atomic mass is 19.4. The average Bonchev–Trinajstić information content (AvgIpc) is 3.40. The summed E-state index contributed by atoms with van der Waals surface area (Å²) in [5.74, 6) is -6.99. The number of nitrogens with zero attached hydrogens (tertiary/aromatic N) is 1.